The Labute approximate surface area is 129 Å². The third-order valence-electron chi connectivity index (χ3n) is 4.01. The van der Waals surface area contributed by atoms with E-state index in [1.807, 2.05) is 11.8 Å². The normalized spacial score (nSPS) is 26.4. The summed E-state index contributed by atoms with van der Waals surface area (Å²) < 4.78 is 5.85. The fraction of sp³-hybridized carbons (Fsp3) is 1.00. The van der Waals surface area contributed by atoms with Gasteiger partial charge in [0.2, 0.25) is 0 Å². The number of ether oxygens (including phenoxy) is 1. The molecule has 0 aromatic rings. The molecule has 0 saturated heterocycles. The van der Waals surface area contributed by atoms with Gasteiger partial charge in [0, 0.05) is 12.6 Å². The third kappa shape index (κ3) is 8.50. The predicted molar refractivity (Wildman–Crippen MR) is 88.5 cm³/mol. The molecule has 3 nitrogen and oxygen atoms in total. The van der Waals surface area contributed by atoms with E-state index in [0.29, 0.717) is 25.3 Å². The number of thioether (sulfide) groups is 1. The first-order valence-corrected chi connectivity index (χ1v) is 9.38. The molecule has 4 atom stereocenters. The van der Waals surface area contributed by atoms with Crippen LogP contribution in [-0.2, 0) is 4.74 Å². The Hall–Kier alpha value is 0.230. The number of rotatable bonds is 10. The Kier molecular flexibility index (Phi) is 9.95. The van der Waals surface area contributed by atoms with E-state index >= 15 is 0 Å². The van der Waals surface area contributed by atoms with Crippen molar-refractivity contribution in [1.82, 2.24) is 5.32 Å². The summed E-state index contributed by atoms with van der Waals surface area (Å²) >= 11 is 1.97. The topological polar surface area (TPSA) is 41.5 Å². The lowest BCUT2D eigenvalue weighted by molar-refractivity contribution is -0.0310. The molecule has 1 aliphatic carbocycles. The third-order valence-corrected chi connectivity index (χ3v) is 4.95. The molecule has 4 heteroatoms. The molecule has 4 unspecified atom stereocenters. The molecule has 120 valence electrons. The van der Waals surface area contributed by atoms with Crippen molar-refractivity contribution < 1.29 is 9.84 Å². The van der Waals surface area contributed by atoms with Gasteiger partial charge in [-0.25, -0.2) is 0 Å². The van der Waals surface area contributed by atoms with E-state index < -0.39 is 0 Å². The molecule has 0 bridgehead atoms. The smallest absolute Gasteiger partial charge is 0.0897 e. The average Bonchev–Trinajstić information content (AvgIpc) is 2.43. The van der Waals surface area contributed by atoms with Gasteiger partial charge >= 0.3 is 0 Å². The largest absolute Gasteiger partial charge is 0.389 e. The van der Waals surface area contributed by atoms with Crippen molar-refractivity contribution in [3.63, 3.8) is 0 Å². The molecular weight excluding hydrogens is 270 g/mol. The molecule has 1 fully saturated rings. The molecule has 0 aromatic heterocycles. The molecule has 0 amide bonds. The molecule has 2 N–H and O–H groups in total. The van der Waals surface area contributed by atoms with E-state index in [9.17, 15) is 5.11 Å². The maximum Gasteiger partial charge on any atom is 0.0897 e. The van der Waals surface area contributed by atoms with Gasteiger partial charge in [0.1, 0.15) is 0 Å². The van der Waals surface area contributed by atoms with Crippen molar-refractivity contribution in [2.75, 3.05) is 24.7 Å². The second kappa shape index (κ2) is 10.9. The summed E-state index contributed by atoms with van der Waals surface area (Å²) in [6, 6.07) is 0.471. The lowest BCUT2D eigenvalue weighted by Gasteiger charge is -2.28. The van der Waals surface area contributed by atoms with Crippen molar-refractivity contribution in [2.45, 2.75) is 71.1 Å². The van der Waals surface area contributed by atoms with Crippen LogP contribution in [0.15, 0.2) is 0 Å². The maximum absolute atomic E-state index is 9.97. The summed E-state index contributed by atoms with van der Waals surface area (Å²) in [5.74, 6) is 3.15. The first kappa shape index (κ1) is 18.3. The van der Waals surface area contributed by atoms with Crippen molar-refractivity contribution in [3.8, 4) is 0 Å². The molecule has 0 spiro atoms. The van der Waals surface area contributed by atoms with E-state index in [4.69, 9.17) is 4.74 Å². The fourth-order valence-corrected chi connectivity index (χ4v) is 3.49. The Bertz CT molecular complexity index is 241. The van der Waals surface area contributed by atoms with E-state index in [1.165, 1.54) is 24.3 Å². The molecular formula is C16H33NO2S. The van der Waals surface area contributed by atoms with Crippen molar-refractivity contribution in [2.24, 2.45) is 5.92 Å². The zero-order chi connectivity index (χ0) is 14.8. The minimum atomic E-state index is -0.381. The van der Waals surface area contributed by atoms with Crippen LogP contribution in [-0.4, -0.2) is 48.0 Å². The molecule has 1 saturated carbocycles. The quantitative estimate of drug-likeness (QED) is 0.609. The number of aliphatic hydroxyl groups excluding tert-OH is 1. The summed E-state index contributed by atoms with van der Waals surface area (Å²) in [7, 11) is 0. The van der Waals surface area contributed by atoms with Crippen LogP contribution in [0.1, 0.15) is 52.9 Å². The van der Waals surface area contributed by atoms with Crippen LogP contribution in [0, 0.1) is 5.92 Å². The van der Waals surface area contributed by atoms with Gasteiger partial charge < -0.3 is 15.2 Å². The SMILES string of the molecule is CCSCCC(C)NCC(O)COC1CCCC(C)C1. The van der Waals surface area contributed by atoms with Crippen LogP contribution in [0.3, 0.4) is 0 Å². The molecule has 1 aliphatic rings. The summed E-state index contributed by atoms with van der Waals surface area (Å²) in [5.41, 5.74) is 0. The highest BCUT2D eigenvalue weighted by molar-refractivity contribution is 7.99. The lowest BCUT2D eigenvalue weighted by Crippen LogP contribution is -2.37. The van der Waals surface area contributed by atoms with Gasteiger partial charge in [-0.05, 0) is 43.6 Å². The Morgan fingerprint density at radius 1 is 1.40 bits per heavy atom. The highest BCUT2D eigenvalue weighted by atomic mass is 32.2. The second-order valence-corrected chi connectivity index (χ2v) is 7.57. The van der Waals surface area contributed by atoms with Crippen molar-refractivity contribution in [1.29, 1.82) is 0 Å². The molecule has 0 radical (unpaired) electrons. The zero-order valence-corrected chi connectivity index (χ0v) is 14.3. The maximum atomic E-state index is 9.97. The molecule has 0 aromatic carbocycles. The molecule has 20 heavy (non-hydrogen) atoms. The number of hydrogen-bond donors (Lipinski definition) is 2. The first-order valence-electron chi connectivity index (χ1n) is 8.22. The minimum Gasteiger partial charge on any atom is -0.389 e. The number of hydrogen-bond acceptors (Lipinski definition) is 4. The van der Waals surface area contributed by atoms with Crippen molar-refractivity contribution in [3.05, 3.63) is 0 Å². The summed E-state index contributed by atoms with van der Waals surface area (Å²) in [6.45, 7) is 7.78. The summed E-state index contributed by atoms with van der Waals surface area (Å²) in [6.07, 6.45) is 6.07. The highest BCUT2D eigenvalue weighted by Gasteiger charge is 2.20. The Balaban J connectivity index is 2.03. The van der Waals surface area contributed by atoms with Crippen LogP contribution in [0.5, 0.6) is 0 Å². The molecule has 0 aliphatic heterocycles. The van der Waals surface area contributed by atoms with Crippen LogP contribution < -0.4 is 5.32 Å². The highest BCUT2D eigenvalue weighted by Crippen LogP contribution is 2.25. The zero-order valence-electron chi connectivity index (χ0n) is 13.4. The molecule has 0 heterocycles. The fourth-order valence-electron chi connectivity index (χ4n) is 2.68. The predicted octanol–water partition coefficient (Wildman–Crippen LogP) is 3.06. The monoisotopic (exact) mass is 303 g/mol. The lowest BCUT2D eigenvalue weighted by atomic mass is 9.89. The van der Waals surface area contributed by atoms with Crippen LogP contribution in [0.4, 0.5) is 0 Å². The van der Waals surface area contributed by atoms with Crippen LogP contribution >= 0.6 is 11.8 Å². The van der Waals surface area contributed by atoms with Gasteiger partial charge in [-0.2, -0.15) is 11.8 Å². The van der Waals surface area contributed by atoms with Gasteiger partial charge in [-0.3, -0.25) is 0 Å². The van der Waals surface area contributed by atoms with Gasteiger partial charge in [0.05, 0.1) is 18.8 Å². The van der Waals surface area contributed by atoms with E-state index in [1.54, 1.807) is 0 Å². The standard InChI is InChI=1S/C16H33NO2S/c1-4-20-9-8-14(3)17-11-15(18)12-19-16-7-5-6-13(2)10-16/h13-18H,4-12H2,1-3H3. The first-order chi connectivity index (χ1) is 9.61. The second-order valence-electron chi connectivity index (χ2n) is 6.18. The van der Waals surface area contributed by atoms with E-state index in [2.05, 4.69) is 26.1 Å². The van der Waals surface area contributed by atoms with Crippen LogP contribution in [0.25, 0.3) is 0 Å². The van der Waals surface area contributed by atoms with E-state index in [0.717, 1.165) is 25.2 Å². The van der Waals surface area contributed by atoms with Crippen LogP contribution in [0.2, 0.25) is 0 Å². The summed E-state index contributed by atoms with van der Waals surface area (Å²) in [5, 5.41) is 13.4. The summed E-state index contributed by atoms with van der Waals surface area (Å²) in [4.78, 5) is 0. The van der Waals surface area contributed by atoms with Gasteiger partial charge in [-0.15, -0.1) is 0 Å². The van der Waals surface area contributed by atoms with Crippen molar-refractivity contribution >= 4 is 11.8 Å². The van der Waals surface area contributed by atoms with E-state index in [-0.39, 0.29) is 6.10 Å². The molecule has 1 rings (SSSR count). The number of aliphatic hydroxyl groups is 1. The Morgan fingerprint density at radius 3 is 2.90 bits per heavy atom. The Morgan fingerprint density at radius 2 is 2.20 bits per heavy atom. The number of nitrogens with one attached hydrogen (secondary N) is 1. The van der Waals surface area contributed by atoms with Gasteiger partial charge in [0.15, 0.2) is 0 Å². The minimum absolute atomic E-state index is 0.367. The average molecular weight is 304 g/mol. The van der Waals surface area contributed by atoms with Gasteiger partial charge in [-0.1, -0.05) is 26.7 Å². The van der Waals surface area contributed by atoms with Gasteiger partial charge in [0.25, 0.3) is 0 Å².